The van der Waals surface area contributed by atoms with Gasteiger partial charge in [0.15, 0.2) is 0 Å². The molecule has 0 bridgehead atoms. The minimum Gasteiger partial charge on any atom is -0.325 e. The summed E-state index contributed by atoms with van der Waals surface area (Å²) < 4.78 is 9.33. The van der Waals surface area contributed by atoms with E-state index in [1.54, 1.807) is 0 Å². The Morgan fingerprint density at radius 3 is 1.12 bits per heavy atom. The topological polar surface area (TPSA) is 57.5 Å². The number of hydrogen-bond acceptors (Lipinski definition) is 1. The van der Waals surface area contributed by atoms with Gasteiger partial charge >= 0.3 is 7.60 Å². The molecule has 0 heterocycles. The fourth-order valence-electron chi connectivity index (χ4n) is 0. The summed E-state index contributed by atoms with van der Waals surface area (Å²) in [6.07, 6.45) is 0. The van der Waals surface area contributed by atoms with Crippen molar-refractivity contribution in [3.63, 3.8) is 0 Å². The molecule has 2 N–H and O–H groups in total. The molecule has 0 amide bonds. The fraction of sp³-hybridized carbons (Fsp3) is 1.00. The van der Waals surface area contributed by atoms with Crippen molar-refractivity contribution >= 4 is 96.3 Å². The van der Waals surface area contributed by atoms with Gasteiger partial charge in [-0.3, -0.25) is 4.57 Å². The smallest absolute Gasteiger partial charge is 0.322 e. The fourth-order valence-corrected chi connectivity index (χ4v) is 0. The standard InChI is InChI=1S/CH5O3P.3Na/c1-5(2,3)4;;;/h1H3,(H2,2,3,4);;;. The maximum absolute atomic E-state index is 9.33. The summed E-state index contributed by atoms with van der Waals surface area (Å²) in [7, 11) is -3.64. The van der Waals surface area contributed by atoms with Crippen molar-refractivity contribution < 1.29 is 14.4 Å². The Hall–Kier alpha value is 3.15. The monoisotopic (exact) mass is 165 g/mol. The van der Waals surface area contributed by atoms with Crippen molar-refractivity contribution in [1.29, 1.82) is 0 Å². The van der Waals surface area contributed by atoms with Gasteiger partial charge in [-0.25, -0.2) is 0 Å². The van der Waals surface area contributed by atoms with Gasteiger partial charge < -0.3 is 9.79 Å². The minimum absolute atomic E-state index is 0. The van der Waals surface area contributed by atoms with E-state index in [2.05, 4.69) is 0 Å². The molecule has 0 aliphatic rings. The molecule has 0 atom stereocenters. The SMILES string of the molecule is CP(=O)(O)O.[Na].[Na].[Na]. The van der Waals surface area contributed by atoms with E-state index in [0.717, 1.165) is 6.66 Å². The third kappa shape index (κ3) is 61.3. The molecule has 0 aromatic carbocycles. The van der Waals surface area contributed by atoms with E-state index in [1.807, 2.05) is 0 Å². The molecule has 0 aliphatic carbocycles. The molecule has 35 valence electrons. The molecule has 8 heavy (non-hydrogen) atoms. The molecule has 0 aromatic heterocycles. The van der Waals surface area contributed by atoms with Gasteiger partial charge in [0.05, 0.1) is 0 Å². The van der Waals surface area contributed by atoms with Crippen LogP contribution in [-0.2, 0) is 4.57 Å². The van der Waals surface area contributed by atoms with Crippen LogP contribution in [0.15, 0.2) is 0 Å². The average molecular weight is 165 g/mol. The van der Waals surface area contributed by atoms with Crippen molar-refractivity contribution in [3.05, 3.63) is 0 Å². The summed E-state index contributed by atoms with van der Waals surface area (Å²) >= 11 is 0. The summed E-state index contributed by atoms with van der Waals surface area (Å²) in [5, 5.41) is 0. The van der Waals surface area contributed by atoms with Gasteiger partial charge in [-0.1, -0.05) is 0 Å². The molecule has 0 aliphatic heterocycles. The minimum atomic E-state index is -3.64. The van der Waals surface area contributed by atoms with Crippen LogP contribution in [0.3, 0.4) is 0 Å². The predicted molar refractivity (Wildman–Crippen MR) is 35.2 cm³/mol. The van der Waals surface area contributed by atoms with E-state index in [4.69, 9.17) is 9.79 Å². The first-order valence-corrected chi connectivity index (χ1v) is 3.09. The predicted octanol–water partition coefficient (Wildman–Crippen LogP) is -1.35. The zero-order valence-corrected chi connectivity index (χ0v) is 12.6. The zero-order valence-electron chi connectivity index (χ0n) is 5.75. The molecular formula is CH5Na3O3P. The quantitative estimate of drug-likeness (QED) is 0.344. The van der Waals surface area contributed by atoms with Gasteiger partial charge in [0, 0.05) is 95.3 Å². The van der Waals surface area contributed by atoms with Crippen LogP contribution in [0.5, 0.6) is 0 Å². The van der Waals surface area contributed by atoms with E-state index in [9.17, 15) is 4.57 Å². The van der Waals surface area contributed by atoms with Gasteiger partial charge in [0.25, 0.3) is 0 Å². The van der Waals surface area contributed by atoms with E-state index >= 15 is 0 Å². The molecular weight excluding hydrogens is 160 g/mol. The molecule has 3 radical (unpaired) electrons. The normalized spacial score (nSPS) is 7.38. The van der Waals surface area contributed by atoms with Crippen LogP contribution in [0.1, 0.15) is 0 Å². The molecule has 0 rings (SSSR count). The largest absolute Gasteiger partial charge is 0.325 e. The summed E-state index contributed by atoms with van der Waals surface area (Å²) in [5.41, 5.74) is 0. The van der Waals surface area contributed by atoms with Crippen LogP contribution in [-0.4, -0.2) is 105 Å². The number of rotatable bonds is 0. The maximum Gasteiger partial charge on any atom is 0.322 e. The molecule has 0 saturated carbocycles. The van der Waals surface area contributed by atoms with Crippen LogP contribution < -0.4 is 0 Å². The van der Waals surface area contributed by atoms with E-state index < -0.39 is 7.60 Å². The van der Waals surface area contributed by atoms with Crippen LogP contribution in [0.4, 0.5) is 0 Å². The van der Waals surface area contributed by atoms with Crippen molar-refractivity contribution in [2.45, 2.75) is 0 Å². The molecule has 3 nitrogen and oxygen atoms in total. The second kappa shape index (κ2) is 10.2. The average Bonchev–Trinajstić information content (AvgIpc) is 0.722. The van der Waals surface area contributed by atoms with Crippen molar-refractivity contribution in [3.8, 4) is 0 Å². The van der Waals surface area contributed by atoms with Crippen molar-refractivity contribution in [2.75, 3.05) is 6.66 Å². The van der Waals surface area contributed by atoms with E-state index in [-0.39, 0.29) is 88.7 Å². The molecule has 0 saturated heterocycles. The van der Waals surface area contributed by atoms with Crippen LogP contribution in [0.2, 0.25) is 0 Å². The first-order valence-electron chi connectivity index (χ1n) is 1.03. The summed E-state index contributed by atoms with van der Waals surface area (Å²) in [4.78, 5) is 15.3. The van der Waals surface area contributed by atoms with Crippen molar-refractivity contribution in [2.24, 2.45) is 0 Å². The summed E-state index contributed by atoms with van der Waals surface area (Å²) in [5.74, 6) is 0. The Bertz CT molecular complexity index is 60.7. The van der Waals surface area contributed by atoms with Crippen LogP contribution in [0, 0.1) is 0 Å². The Labute approximate surface area is 115 Å². The number of hydrogen-bond donors (Lipinski definition) is 2. The van der Waals surface area contributed by atoms with Gasteiger partial charge in [0.1, 0.15) is 0 Å². The van der Waals surface area contributed by atoms with Gasteiger partial charge in [0.2, 0.25) is 0 Å². The second-order valence-corrected chi connectivity index (χ2v) is 2.51. The summed E-state index contributed by atoms with van der Waals surface area (Å²) in [6, 6.07) is 0. The Morgan fingerprint density at radius 1 is 1.12 bits per heavy atom. The van der Waals surface area contributed by atoms with Gasteiger partial charge in [-0.05, 0) is 0 Å². The molecule has 7 heteroatoms. The molecule has 0 spiro atoms. The Kier molecular flexibility index (Phi) is 28.5. The van der Waals surface area contributed by atoms with Crippen LogP contribution in [0.25, 0.3) is 0 Å². The molecule has 0 unspecified atom stereocenters. The second-order valence-electron chi connectivity index (χ2n) is 0.835. The Morgan fingerprint density at radius 2 is 1.12 bits per heavy atom. The molecule has 0 aromatic rings. The first kappa shape index (κ1) is 22.5. The third-order valence-corrected chi connectivity index (χ3v) is 0. The third-order valence-electron chi connectivity index (χ3n) is 0. The van der Waals surface area contributed by atoms with Crippen molar-refractivity contribution in [1.82, 2.24) is 0 Å². The van der Waals surface area contributed by atoms with Crippen LogP contribution >= 0.6 is 7.60 Å². The zero-order chi connectivity index (χ0) is 4.50. The first-order chi connectivity index (χ1) is 2.00. The van der Waals surface area contributed by atoms with E-state index in [1.165, 1.54) is 0 Å². The van der Waals surface area contributed by atoms with Gasteiger partial charge in [-0.2, -0.15) is 0 Å². The summed E-state index contributed by atoms with van der Waals surface area (Å²) in [6.45, 7) is 0.854. The van der Waals surface area contributed by atoms with Gasteiger partial charge in [-0.15, -0.1) is 0 Å². The Balaban J connectivity index is -0.0000000267. The molecule has 0 fully saturated rings. The maximum atomic E-state index is 9.33. The van der Waals surface area contributed by atoms with E-state index in [0.29, 0.717) is 0 Å².